The van der Waals surface area contributed by atoms with Gasteiger partial charge in [-0.15, -0.1) is 0 Å². The second-order valence-corrected chi connectivity index (χ2v) is 4.93. The summed E-state index contributed by atoms with van der Waals surface area (Å²) in [4.78, 5) is 11.0. The zero-order valence-electron chi connectivity index (χ0n) is 9.46. The van der Waals surface area contributed by atoms with Crippen molar-refractivity contribution in [1.29, 1.82) is 0 Å². The van der Waals surface area contributed by atoms with E-state index in [-0.39, 0.29) is 5.97 Å². The van der Waals surface area contributed by atoms with Crippen LogP contribution in [-0.4, -0.2) is 36.7 Å². The molecular formula is C11H21NO2S. The van der Waals surface area contributed by atoms with Crippen LogP contribution in [0.5, 0.6) is 0 Å². The van der Waals surface area contributed by atoms with Crippen molar-refractivity contribution in [1.82, 2.24) is 5.32 Å². The van der Waals surface area contributed by atoms with E-state index < -0.39 is 0 Å². The molecule has 1 heterocycles. The highest BCUT2D eigenvalue weighted by atomic mass is 32.2. The third-order valence-corrected chi connectivity index (χ3v) is 3.62. The van der Waals surface area contributed by atoms with Gasteiger partial charge in [0.25, 0.3) is 0 Å². The number of esters is 1. The third-order valence-electron chi connectivity index (χ3n) is 2.49. The average molecular weight is 231 g/mol. The van der Waals surface area contributed by atoms with Crippen LogP contribution in [0.15, 0.2) is 0 Å². The minimum atomic E-state index is -0.0680. The van der Waals surface area contributed by atoms with Crippen LogP contribution in [0.25, 0.3) is 0 Å². The summed E-state index contributed by atoms with van der Waals surface area (Å²) in [5, 5.41) is 3.50. The smallest absolute Gasteiger partial charge is 0.306 e. The van der Waals surface area contributed by atoms with Crippen LogP contribution in [0.2, 0.25) is 0 Å². The third kappa shape index (κ3) is 6.05. The van der Waals surface area contributed by atoms with Crippen molar-refractivity contribution in [3.63, 3.8) is 0 Å². The van der Waals surface area contributed by atoms with E-state index in [0.717, 1.165) is 18.1 Å². The van der Waals surface area contributed by atoms with Gasteiger partial charge >= 0.3 is 5.97 Å². The summed E-state index contributed by atoms with van der Waals surface area (Å²) in [6, 6.07) is 0.658. The number of hydrogen-bond acceptors (Lipinski definition) is 4. The van der Waals surface area contributed by atoms with Crippen molar-refractivity contribution >= 4 is 17.7 Å². The Labute approximate surface area is 96.3 Å². The lowest BCUT2D eigenvalue weighted by Gasteiger charge is -2.22. The van der Waals surface area contributed by atoms with Crippen LogP contribution in [0.3, 0.4) is 0 Å². The molecule has 0 bridgehead atoms. The molecule has 0 radical (unpaired) electrons. The molecule has 0 aromatic heterocycles. The summed E-state index contributed by atoms with van der Waals surface area (Å²) in [6.45, 7) is 3.49. The molecule has 1 N–H and O–H groups in total. The van der Waals surface area contributed by atoms with Crippen molar-refractivity contribution in [3.05, 3.63) is 0 Å². The van der Waals surface area contributed by atoms with Gasteiger partial charge in [-0.2, -0.15) is 11.8 Å². The topological polar surface area (TPSA) is 38.3 Å². The van der Waals surface area contributed by atoms with E-state index in [2.05, 4.69) is 5.32 Å². The highest BCUT2D eigenvalue weighted by Crippen LogP contribution is 2.13. The van der Waals surface area contributed by atoms with E-state index in [1.54, 1.807) is 0 Å². The fourth-order valence-corrected chi connectivity index (χ4v) is 2.73. The zero-order valence-corrected chi connectivity index (χ0v) is 10.3. The minimum Gasteiger partial charge on any atom is -0.466 e. The average Bonchev–Trinajstić information content (AvgIpc) is 2.26. The first-order valence-electron chi connectivity index (χ1n) is 5.79. The van der Waals surface area contributed by atoms with Crippen LogP contribution in [0, 0.1) is 0 Å². The largest absolute Gasteiger partial charge is 0.466 e. The first-order chi connectivity index (χ1) is 7.33. The van der Waals surface area contributed by atoms with Crippen molar-refractivity contribution in [3.8, 4) is 0 Å². The van der Waals surface area contributed by atoms with Gasteiger partial charge in [-0.1, -0.05) is 6.42 Å². The molecule has 1 aliphatic rings. The molecular weight excluding hydrogens is 210 g/mol. The number of rotatable bonds is 6. The summed E-state index contributed by atoms with van der Waals surface area (Å²) in [5.74, 6) is 1.94. The molecule has 1 atom stereocenters. The fourth-order valence-electron chi connectivity index (χ4n) is 1.68. The molecule has 1 rings (SSSR count). The van der Waals surface area contributed by atoms with Gasteiger partial charge in [0.2, 0.25) is 0 Å². The maximum Gasteiger partial charge on any atom is 0.306 e. The van der Waals surface area contributed by atoms with Gasteiger partial charge < -0.3 is 10.1 Å². The number of nitrogens with one attached hydrogen (secondary N) is 1. The second-order valence-electron chi connectivity index (χ2n) is 3.78. The summed E-state index contributed by atoms with van der Waals surface area (Å²) in [5.41, 5.74) is 0. The summed E-state index contributed by atoms with van der Waals surface area (Å²) in [7, 11) is 0. The van der Waals surface area contributed by atoms with E-state index >= 15 is 0 Å². The molecule has 0 aromatic carbocycles. The Balaban J connectivity index is 1.93. The Morgan fingerprint density at radius 3 is 3.07 bits per heavy atom. The summed E-state index contributed by atoms with van der Waals surface area (Å²) < 4.78 is 4.87. The Hall–Kier alpha value is -0.220. The normalized spacial score (nSPS) is 21.3. The number of ether oxygens (including phenoxy) is 1. The lowest BCUT2D eigenvalue weighted by atomic mass is 10.1. The quantitative estimate of drug-likeness (QED) is 0.559. The van der Waals surface area contributed by atoms with E-state index in [0.29, 0.717) is 19.1 Å². The van der Waals surface area contributed by atoms with Gasteiger partial charge in [-0.25, -0.2) is 0 Å². The number of hydrogen-bond donors (Lipinski definition) is 1. The Kier molecular flexibility index (Phi) is 6.85. The Morgan fingerprint density at radius 2 is 2.40 bits per heavy atom. The van der Waals surface area contributed by atoms with Crippen LogP contribution in [0.1, 0.15) is 32.6 Å². The number of thioether (sulfide) groups is 1. The molecule has 4 heteroatoms. The summed E-state index contributed by atoms with van der Waals surface area (Å²) in [6.07, 6.45) is 4.48. The number of piperidine rings is 1. The molecule has 0 aliphatic carbocycles. The molecule has 0 amide bonds. The van der Waals surface area contributed by atoms with Crippen LogP contribution in [-0.2, 0) is 9.53 Å². The lowest BCUT2D eigenvalue weighted by molar-refractivity contribution is -0.142. The van der Waals surface area contributed by atoms with Crippen molar-refractivity contribution in [2.75, 3.05) is 24.7 Å². The molecule has 1 aliphatic heterocycles. The Morgan fingerprint density at radius 1 is 1.53 bits per heavy atom. The molecule has 3 nitrogen and oxygen atoms in total. The predicted molar refractivity (Wildman–Crippen MR) is 64.2 cm³/mol. The molecule has 15 heavy (non-hydrogen) atoms. The molecule has 1 unspecified atom stereocenters. The maximum atomic E-state index is 11.0. The van der Waals surface area contributed by atoms with Gasteiger partial charge in [-0.3, -0.25) is 4.79 Å². The molecule has 0 spiro atoms. The minimum absolute atomic E-state index is 0.0680. The van der Waals surface area contributed by atoms with Gasteiger partial charge in [0, 0.05) is 17.5 Å². The van der Waals surface area contributed by atoms with E-state index in [1.807, 2.05) is 18.7 Å². The zero-order chi connectivity index (χ0) is 10.9. The standard InChI is InChI=1S/C11H21NO2S/c1-2-14-11(13)6-8-15-9-10-5-3-4-7-12-10/h10,12H,2-9H2,1H3. The molecule has 88 valence electrons. The molecule has 1 fully saturated rings. The van der Waals surface area contributed by atoms with Crippen LogP contribution in [0.4, 0.5) is 0 Å². The summed E-state index contributed by atoms with van der Waals surface area (Å²) >= 11 is 1.85. The van der Waals surface area contributed by atoms with E-state index in [4.69, 9.17) is 4.74 Å². The number of carbonyl (C=O) groups is 1. The van der Waals surface area contributed by atoms with Crippen LogP contribution < -0.4 is 5.32 Å². The van der Waals surface area contributed by atoms with E-state index in [9.17, 15) is 4.79 Å². The van der Waals surface area contributed by atoms with Crippen molar-refractivity contribution in [2.24, 2.45) is 0 Å². The SMILES string of the molecule is CCOC(=O)CCSCC1CCCCN1. The Bertz CT molecular complexity index is 181. The fraction of sp³-hybridized carbons (Fsp3) is 0.909. The first kappa shape index (κ1) is 12.8. The van der Waals surface area contributed by atoms with Crippen molar-refractivity contribution < 1.29 is 9.53 Å². The van der Waals surface area contributed by atoms with Gasteiger partial charge in [-0.05, 0) is 26.3 Å². The molecule has 0 saturated carbocycles. The van der Waals surface area contributed by atoms with Crippen molar-refractivity contribution in [2.45, 2.75) is 38.6 Å². The lowest BCUT2D eigenvalue weighted by Crippen LogP contribution is -2.35. The van der Waals surface area contributed by atoms with Gasteiger partial charge in [0.05, 0.1) is 13.0 Å². The monoisotopic (exact) mass is 231 g/mol. The van der Waals surface area contributed by atoms with Gasteiger partial charge in [0.15, 0.2) is 0 Å². The number of carbonyl (C=O) groups excluding carboxylic acids is 1. The molecule has 0 aromatic rings. The highest BCUT2D eigenvalue weighted by molar-refractivity contribution is 7.99. The highest BCUT2D eigenvalue weighted by Gasteiger charge is 2.12. The molecule has 1 saturated heterocycles. The second kappa shape index (κ2) is 7.99. The maximum absolute atomic E-state index is 11.0. The predicted octanol–water partition coefficient (Wildman–Crippen LogP) is 1.81. The van der Waals surface area contributed by atoms with Gasteiger partial charge in [0.1, 0.15) is 0 Å². The van der Waals surface area contributed by atoms with Crippen LogP contribution >= 0.6 is 11.8 Å². The first-order valence-corrected chi connectivity index (χ1v) is 6.95. The van der Waals surface area contributed by atoms with E-state index in [1.165, 1.54) is 19.3 Å².